The Labute approximate surface area is 125 Å². The minimum atomic E-state index is -1.27. The zero-order valence-electron chi connectivity index (χ0n) is 10.3. The van der Waals surface area contributed by atoms with E-state index >= 15 is 0 Å². The number of carboxylic acid groups (broad SMARTS) is 1. The molecule has 1 heterocycles. The number of hydrogen-bond donors (Lipinski definition) is 3. The van der Waals surface area contributed by atoms with Crippen LogP contribution < -0.4 is 10.6 Å². The van der Waals surface area contributed by atoms with Gasteiger partial charge in [-0.2, -0.15) is 0 Å². The van der Waals surface area contributed by atoms with Crippen LogP contribution in [0.5, 0.6) is 0 Å². The fraction of sp³-hybridized carbons (Fsp3) is 0.333. The molecular formula is C12H12Cl2N2O4. The second-order valence-electron chi connectivity index (χ2n) is 4.24. The highest BCUT2D eigenvalue weighted by molar-refractivity contribution is 6.38. The Hall–Kier alpha value is -1.50. The highest BCUT2D eigenvalue weighted by Gasteiger charge is 2.22. The molecule has 3 N–H and O–H groups in total. The summed E-state index contributed by atoms with van der Waals surface area (Å²) in [5, 5.41) is 14.3. The molecule has 0 radical (unpaired) electrons. The number of carbonyl (C=O) groups is 2. The number of halogens is 2. The number of ether oxygens (including phenoxy) is 1. The van der Waals surface area contributed by atoms with Gasteiger partial charge in [-0.1, -0.05) is 23.2 Å². The van der Waals surface area contributed by atoms with Crippen LogP contribution in [0.15, 0.2) is 12.1 Å². The van der Waals surface area contributed by atoms with Gasteiger partial charge in [0.2, 0.25) is 0 Å². The molecular weight excluding hydrogens is 307 g/mol. The lowest BCUT2D eigenvalue weighted by atomic mass is 10.1. The number of urea groups is 1. The SMILES string of the molecule is O=C(Nc1c(Cl)ccc(Cl)c1C(=O)O)NC1CCOC1. The molecule has 0 aromatic heterocycles. The molecule has 2 rings (SSSR count). The van der Waals surface area contributed by atoms with Gasteiger partial charge in [-0.15, -0.1) is 0 Å². The monoisotopic (exact) mass is 318 g/mol. The quantitative estimate of drug-likeness (QED) is 0.799. The highest BCUT2D eigenvalue weighted by atomic mass is 35.5. The number of hydrogen-bond acceptors (Lipinski definition) is 3. The summed E-state index contributed by atoms with van der Waals surface area (Å²) in [6, 6.07) is 2.14. The number of rotatable bonds is 3. The molecule has 6 nitrogen and oxygen atoms in total. The maximum atomic E-state index is 11.8. The van der Waals surface area contributed by atoms with Gasteiger partial charge in [-0.25, -0.2) is 9.59 Å². The number of benzene rings is 1. The smallest absolute Gasteiger partial charge is 0.339 e. The summed E-state index contributed by atoms with van der Waals surface area (Å²) in [5.74, 6) is -1.27. The van der Waals surface area contributed by atoms with Crippen molar-refractivity contribution in [1.82, 2.24) is 5.32 Å². The van der Waals surface area contributed by atoms with Crippen molar-refractivity contribution in [3.63, 3.8) is 0 Å². The third kappa shape index (κ3) is 3.33. The van der Waals surface area contributed by atoms with E-state index in [1.807, 2.05) is 0 Å². The standard InChI is InChI=1S/C12H12Cl2N2O4/c13-7-1-2-8(14)10(9(7)11(17)18)16-12(19)15-6-3-4-20-5-6/h1-2,6H,3-5H2,(H,17,18)(H2,15,16,19). The van der Waals surface area contributed by atoms with Crippen molar-refractivity contribution in [3.05, 3.63) is 27.7 Å². The van der Waals surface area contributed by atoms with Crippen LogP contribution in [0.2, 0.25) is 10.0 Å². The van der Waals surface area contributed by atoms with E-state index in [2.05, 4.69) is 10.6 Å². The van der Waals surface area contributed by atoms with Crippen LogP contribution in [-0.4, -0.2) is 36.4 Å². The Balaban J connectivity index is 2.17. The minimum absolute atomic E-state index is 0.00130. The van der Waals surface area contributed by atoms with E-state index in [4.69, 9.17) is 33.0 Å². The number of nitrogens with one attached hydrogen (secondary N) is 2. The third-order valence-corrected chi connectivity index (χ3v) is 3.45. The third-order valence-electron chi connectivity index (χ3n) is 2.82. The molecule has 20 heavy (non-hydrogen) atoms. The van der Waals surface area contributed by atoms with E-state index in [0.717, 1.165) is 0 Å². The number of carboxylic acids is 1. The van der Waals surface area contributed by atoms with Gasteiger partial charge in [-0.3, -0.25) is 0 Å². The first kappa shape index (κ1) is 14.9. The molecule has 0 aliphatic carbocycles. The Bertz CT molecular complexity index is 545. The van der Waals surface area contributed by atoms with Crippen LogP contribution in [0.25, 0.3) is 0 Å². The average Bonchev–Trinajstić information content (AvgIpc) is 2.86. The van der Waals surface area contributed by atoms with Crippen LogP contribution in [0.3, 0.4) is 0 Å². The molecule has 1 fully saturated rings. The maximum absolute atomic E-state index is 11.8. The van der Waals surface area contributed by atoms with Gasteiger partial charge < -0.3 is 20.5 Å². The maximum Gasteiger partial charge on any atom is 0.339 e. The summed E-state index contributed by atoms with van der Waals surface area (Å²) in [6.45, 7) is 1.02. The molecule has 1 aromatic rings. The first-order valence-corrected chi connectivity index (χ1v) is 6.61. The molecule has 1 unspecified atom stereocenters. The summed E-state index contributed by atoms with van der Waals surface area (Å²) in [4.78, 5) is 23.0. The van der Waals surface area contributed by atoms with Gasteiger partial charge in [0.15, 0.2) is 0 Å². The number of aromatic carboxylic acids is 1. The molecule has 2 amide bonds. The summed E-state index contributed by atoms with van der Waals surface area (Å²) in [6.07, 6.45) is 0.711. The topological polar surface area (TPSA) is 87.7 Å². The van der Waals surface area contributed by atoms with Gasteiger partial charge in [-0.05, 0) is 18.6 Å². The molecule has 1 atom stereocenters. The lowest BCUT2D eigenvalue weighted by molar-refractivity contribution is 0.0698. The number of carbonyl (C=O) groups excluding carboxylic acids is 1. The molecule has 0 spiro atoms. The van der Waals surface area contributed by atoms with Gasteiger partial charge in [0.1, 0.15) is 5.56 Å². The van der Waals surface area contributed by atoms with E-state index < -0.39 is 12.0 Å². The van der Waals surface area contributed by atoms with Crippen molar-refractivity contribution in [2.75, 3.05) is 18.5 Å². The first-order chi connectivity index (χ1) is 9.49. The van der Waals surface area contributed by atoms with Crippen molar-refractivity contribution in [1.29, 1.82) is 0 Å². The average molecular weight is 319 g/mol. The number of anilines is 1. The van der Waals surface area contributed by atoms with Gasteiger partial charge in [0, 0.05) is 6.61 Å². The molecule has 1 aliphatic rings. The molecule has 108 valence electrons. The summed E-state index contributed by atoms with van der Waals surface area (Å²) in [5.41, 5.74) is -0.264. The zero-order chi connectivity index (χ0) is 14.7. The van der Waals surface area contributed by atoms with E-state index in [1.165, 1.54) is 12.1 Å². The first-order valence-electron chi connectivity index (χ1n) is 5.85. The Morgan fingerprint density at radius 2 is 2.00 bits per heavy atom. The minimum Gasteiger partial charge on any atom is -0.478 e. The van der Waals surface area contributed by atoms with Crippen LogP contribution in [0, 0.1) is 0 Å². The number of amides is 2. The molecule has 1 aromatic carbocycles. The van der Waals surface area contributed by atoms with E-state index in [-0.39, 0.29) is 27.3 Å². The molecule has 1 saturated heterocycles. The van der Waals surface area contributed by atoms with E-state index in [9.17, 15) is 9.59 Å². The summed E-state index contributed by atoms with van der Waals surface area (Å²) < 4.78 is 5.13. The summed E-state index contributed by atoms with van der Waals surface area (Å²) in [7, 11) is 0. The predicted molar refractivity (Wildman–Crippen MR) is 74.8 cm³/mol. The normalized spacial score (nSPS) is 17.8. The molecule has 0 saturated carbocycles. The molecule has 0 bridgehead atoms. The lowest BCUT2D eigenvalue weighted by Crippen LogP contribution is -2.38. The fourth-order valence-electron chi connectivity index (χ4n) is 1.87. The van der Waals surface area contributed by atoms with Crippen molar-refractivity contribution in [2.45, 2.75) is 12.5 Å². The Morgan fingerprint density at radius 1 is 1.30 bits per heavy atom. The second kappa shape index (κ2) is 6.30. The Kier molecular flexibility index (Phi) is 4.69. The lowest BCUT2D eigenvalue weighted by Gasteiger charge is -2.15. The molecule has 8 heteroatoms. The van der Waals surface area contributed by atoms with Crippen molar-refractivity contribution >= 4 is 40.9 Å². The van der Waals surface area contributed by atoms with Gasteiger partial charge in [0.25, 0.3) is 0 Å². The van der Waals surface area contributed by atoms with Crippen LogP contribution >= 0.6 is 23.2 Å². The van der Waals surface area contributed by atoms with Gasteiger partial charge in [0.05, 0.1) is 28.4 Å². The van der Waals surface area contributed by atoms with Crippen LogP contribution in [0.4, 0.5) is 10.5 Å². The Morgan fingerprint density at radius 3 is 2.60 bits per heavy atom. The van der Waals surface area contributed by atoms with E-state index in [1.54, 1.807) is 0 Å². The fourth-order valence-corrected chi connectivity index (χ4v) is 2.31. The van der Waals surface area contributed by atoms with Crippen molar-refractivity contribution in [2.24, 2.45) is 0 Å². The van der Waals surface area contributed by atoms with Gasteiger partial charge >= 0.3 is 12.0 Å². The molecule has 1 aliphatic heterocycles. The largest absolute Gasteiger partial charge is 0.478 e. The van der Waals surface area contributed by atoms with Crippen molar-refractivity contribution < 1.29 is 19.4 Å². The predicted octanol–water partition coefficient (Wildman–Crippen LogP) is 2.60. The second-order valence-corrected chi connectivity index (χ2v) is 5.06. The van der Waals surface area contributed by atoms with Crippen LogP contribution in [0.1, 0.15) is 16.8 Å². The highest BCUT2D eigenvalue weighted by Crippen LogP contribution is 2.31. The van der Waals surface area contributed by atoms with E-state index in [0.29, 0.717) is 19.6 Å². The van der Waals surface area contributed by atoms with Crippen LogP contribution in [-0.2, 0) is 4.74 Å². The zero-order valence-corrected chi connectivity index (χ0v) is 11.8. The summed E-state index contributed by atoms with van der Waals surface area (Å²) >= 11 is 11.7. The van der Waals surface area contributed by atoms with Crippen molar-refractivity contribution in [3.8, 4) is 0 Å².